The van der Waals surface area contributed by atoms with Crippen molar-refractivity contribution in [2.45, 2.75) is 32.7 Å². The lowest BCUT2D eigenvalue weighted by Crippen LogP contribution is -2.32. The molecule has 0 heterocycles. The highest BCUT2D eigenvalue weighted by atomic mass is 16.5. The fourth-order valence-electron chi connectivity index (χ4n) is 1.56. The van der Waals surface area contributed by atoms with Crippen LogP contribution in [0.2, 0.25) is 0 Å². The first-order valence-electron chi connectivity index (χ1n) is 4.96. The molecule has 2 N–H and O–H groups in total. The van der Waals surface area contributed by atoms with Crippen LogP contribution in [0.1, 0.15) is 31.4 Å². The normalized spacial score (nSPS) is 14.9. The van der Waals surface area contributed by atoms with Crippen LogP contribution in [0.25, 0.3) is 0 Å². The number of methoxy groups -OCH3 is 1. The molecule has 0 bridgehead atoms. The zero-order chi connectivity index (χ0) is 10.8. The van der Waals surface area contributed by atoms with E-state index in [0.29, 0.717) is 0 Å². The number of para-hydroxylation sites is 1. The van der Waals surface area contributed by atoms with Crippen molar-refractivity contribution in [3.05, 3.63) is 29.3 Å². The molecule has 1 atom stereocenters. The first-order valence-corrected chi connectivity index (χ1v) is 4.96. The molecular formula is C12H19NO. The van der Waals surface area contributed by atoms with E-state index < -0.39 is 0 Å². The molecule has 0 saturated carbocycles. The summed E-state index contributed by atoms with van der Waals surface area (Å²) in [6, 6.07) is 6.09. The Morgan fingerprint density at radius 3 is 2.57 bits per heavy atom. The Hall–Kier alpha value is -1.02. The lowest BCUT2D eigenvalue weighted by atomic mass is 9.88. The Morgan fingerprint density at radius 2 is 2.07 bits per heavy atom. The van der Waals surface area contributed by atoms with Gasteiger partial charge in [-0.3, -0.25) is 0 Å². The molecule has 1 aromatic carbocycles. The number of benzene rings is 1. The van der Waals surface area contributed by atoms with Crippen LogP contribution >= 0.6 is 0 Å². The van der Waals surface area contributed by atoms with Crippen LogP contribution in [-0.4, -0.2) is 7.11 Å². The molecular weight excluding hydrogens is 174 g/mol. The standard InChI is InChI=1S/C12H19NO/c1-5-12(3,13)10-8-6-7-9(2)11(10)14-4/h6-8H,5,13H2,1-4H3. The van der Waals surface area contributed by atoms with Crippen molar-refractivity contribution in [2.24, 2.45) is 5.73 Å². The highest BCUT2D eigenvalue weighted by molar-refractivity contribution is 5.44. The fraction of sp³-hybridized carbons (Fsp3) is 0.500. The van der Waals surface area contributed by atoms with Gasteiger partial charge >= 0.3 is 0 Å². The van der Waals surface area contributed by atoms with Crippen molar-refractivity contribution in [3.8, 4) is 5.75 Å². The second kappa shape index (κ2) is 4.01. The quantitative estimate of drug-likeness (QED) is 0.800. The predicted molar refractivity (Wildman–Crippen MR) is 59.6 cm³/mol. The average molecular weight is 193 g/mol. The van der Waals surface area contributed by atoms with E-state index >= 15 is 0 Å². The first-order chi connectivity index (χ1) is 6.53. The maximum Gasteiger partial charge on any atom is 0.126 e. The number of nitrogens with two attached hydrogens (primary N) is 1. The van der Waals surface area contributed by atoms with Crippen LogP contribution in [0.4, 0.5) is 0 Å². The third kappa shape index (κ3) is 1.90. The molecule has 1 aromatic rings. The van der Waals surface area contributed by atoms with Gasteiger partial charge in [-0.05, 0) is 25.8 Å². The molecule has 0 aromatic heterocycles. The molecule has 2 nitrogen and oxygen atoms in total. The second-order valence-corrected chi connectivity index (χ2v) is 3.93. The molecule has 0 aliphatic carbocycles. The van der Waals surface area contributed by atoms with Gasteiger partial charge in [-0.25, -0.2) is 0 Å². The van der Waals surface area contributed by atoms with Gasteiger partial charge < -0.3 is 10.5 Å². The van der Waals surface area contributed by atoms with Crippen LogP contribution in [-0.2, 0) is 5.54 Å². The monoisotopic (exact) mass is 193 g/mol. The minimum atomic E-state index is -0.308. The number of rotatable bonds is 3. The third-order valence-corrected chi connectivity index (χ3v) is 2.77. The summed E-state index contributed by atoms with van der Waals surface area (Å²) in [5.74, 6) is 0.916. The Labute approximate surface area is 86.1 Å². The first kappa shape index (κ1) is 11.1. The van der Waals surface area contributed by atoms with Gasteiger partial charge in [0.15, 0.2) is 0 Å². The van der Waals surface area contributed by atoms with E-state index in [1.165, 1.54) is 0 Å². The molecule has 0 saturated heterocycles. The summed E-state index contributed by atoms with van der Waals surface area (Å²) in [4.78, 5) is 0. The zero-order valence-corrected chi connectivity index (χ0v) is 9.42. The summed E-state index contributed by atoms with van der Waals surface area (Å²) < 4.78 is 5.38. The average Bonchev–Trinajstić information content (AvgIpc) is 2.17. The highest BCUT2D eigenvalue weighted by Gasteiger charge is 2.23. The summed E-state index contributed by atoms with van der Waals surface area (Å²) >= 11 is 0. The minimum absolute atomic E-state index is 0.308. The molecule has 0 spiro atoms. The van der Waals surface area contributed by atoms with Gasteiger partial charge in [0.2, 0.25) is 0 Å². The van der Waals surface area contributed by atoms with E-state index in [2.05, 4.69) is 6.92 Å². The number of hydrogen-bond acceptors (Lipinski definition) is 2. The number of aryl methyl sites for hydroxylation is 1. The molecule has 78 valence electrons. The summed E-state index contributed by atoms with van der Waals surface area (Å²) in [7, 11) is 1.69. The highest BCUT2D eigenvalue weighted by Crippen LogP contribution is 2.32. The third-order valence-electron chi connectivity index (χ3n) is 2.77. The molecule has 14 heavy (non-hydrogen) atoms. The molecule has 1 unspecified atom stereocenters. The Balaban J connectivity index is 3.27. The van der Waals surface area contributed by atoms with Crippen molar-refractivity contribution >= 4 is 0 Å². The van der Waals surface area contributed by atoms with E-state index in [1.807, 2.05) is 32.0 Å². The van der Waals surface area contributed by atoms with Crippen molar-refractivity contribution in [3.63, 3.8) is 0 Å². The molecule has 0 aliphatic heterocycles. The lowest BCUT2D eigenvalue weighted by Gasteiger charge is -2.26. The fourth-order valence-corrected chi connectivity index (χ4v) is 1.56. The SMILES string of the molecule is CCC(C)(N)c1cccc(C)c1OC. The molecule has 0 amide bonds. The van der Waals surface area contributed by atoms with Gasteiger partial charge in [-0.2, -0.15) is 0 Å². The Kier molecular flexibility index (Phi) is 3.17. The Morgan fingerprint density at radius 1 is 1.43 bits per heavy atom. The largest absolute Gasteiger partial charge is 0.496 e. The van der Waals surface area contributed by atoms with E-state index in [-0.39, 0.29) is 5.54 Å². The van der Waals surface area contributed by atoms with Crippen molar-refractivity contribution < 1.29 is 4.74 Å². The van der Waals surface area contributed by atoms with Crippen LogP contribution < -0.4 is 10.5 Å². The van der Waals surface area contributed by atoms with Crippen molar-refractivity contribution in [1.82, 2.24) is 0 Å². The minimum Gasteiger partial charge on any atom is -0.496 e. The maximum absolute atomic E-state index is 6.20. The molecule has 1 rings (SSSR count). The van der Waals surface area contributed by atoms with Gasteiger partial charge in [0.25, 0.3) is 0 Å². The zero-order valence-electron chi connectivity index (χ0n) is 9.42. The summed E-state index contributed by atoms with van der Waals surface area (Å²) in [6.45, 7) is 6.15. The summed E-state index contributed by atoms with van der Waals surface area (Å²) in [5, 5.41) is 0. The van der Waals surface area contributed by atoms with E-state index in [0.717, 1.165) is 23.3 Å². The van der Waals surface area contributed by atoms with Crippen LogP contribution in [0.5, 0.6) is 5.75 Å². The van der Waals surface area contributed by atoms with Gasteiger partial charge in [0, 0.05) is 11.1 Å². The summed E-state index contributed by atoms with van der Waals surface area (Å²) in [5.41, 5.74) is 8.11. The van der Waals surface area contributed by atoms with Crippen molar-refractivity contribution in [1.29, 1.82) is 0 Å². The maximum atomic E-state index is 6.20. The van der Waals surface area contributed by atoms with Gasteiger partial charge in [-0.1, -0.05) is 25.1 Å². The number of hydrogen-bond donors (Lipinski definition) is 1. The smallest absolute Gasteiger partial charge is 0.126 e. The Bertz CT molecular complexity index is 318. The van der Waals surface area contributed by atoms with E-state index in [1.54, 1.807) is 7.11 Å². The summed E-state index contributed by atoms with van der Waals surface area (Å²) in [6.07, 6.45) is 0.896. The predicted octanol–water partition coefficient (Wildman–Crippen LogP) is 2.59. The van der Waals surface area contributed by atoms with Crippen LogP contribution in [0, 0.1) is 6.92 Å². The molecule has 0 fully saturated rings. The second-order valence-electron chi connectivity index (χ2n) is 3.93. The van der Waals surface area contributed by atoms with E-state index in [9.17, 15) is 0 Å². The molecule has 0 radical (unpaired) electrons. The van der Waals surface area contributed by atoms with Crippen molar-refractivity contribution in [2.75, 3.05) is 7.11 Å². The van der Waals surface area contributed by atoms with E-state index in [4.69, 9.17) is 10.5 Å². The molecule has 2 heteroatoms. The van der Waals surface area contributed by atoms with Gasteiger partial charge in [-0.15, -0.1) is 0 Å². The lowest BCUT2D eigenvalue weighted by molar-refractivity contribution is 0.380. The van der Waals surface area contributed by atoms with Gasteiger partial charge in [0.1, 0.15) is 5.75 Å². The van der Waals surface area contributed by atoms with Crippen LogP contribution in [0.15, 0.2) is 18.2 Å². The molecule has 0 aliphatic rings. The van der Waals surface area contributed by atoms with Crippen LogP contribution in [0.3, 0.4) is 0 Å². The van der Waals surface area contributed by atoms with Gasteiger partial charge in [0.05, 0.1) is 7.11 Å². The number of ether oxygens (including phenoxy) is 1. The topological polar surface area (TPSA) is 35.2 Å².